The fourth-order valence-corrected chi connectivity index (χ4v) is 4.88. The van der Waals surface area contributed by atoms with Gasteiger partial charge in [0.2, 0.25) is 0 Å². The lowest BCUT2D eigenvalue weighted by Gasteiger charge is -2.04. The van der Waals surface area contributed by atoms with Gasteiger partial charge in [-0.25, -0.2) is 4.98 Å². The molecule has 0 aliphatic rings. The predicted molar refractivity (Wildman–Crippen MR) is 118 cm³/mol. The van der Waals surface area contributed by atoms with Crippen molar-refractivity contribution in [3.63, 3.8) is 0 Å². The van der Waals surface area contributed by atoms with Gasteiger partial charge in [-0.05, 0) is 36.8 Å². The molecule has 0 aliphatic heterocycles. The summed E-state index contributed by atoms with van der Waals surface area (Å²) in [5, 5.41) is 4.90. The van der Waals surface area contributed by atoms with Crippen molar-refractivity contribution in [3.05, 3.63) is 63.0 Å². The number of aryl methyl sites for hydroxylation is 1. The number of aromatic amines is 1. The van der Waals surface area contributed by atoms with Crippen LogP contribution in [0.3, 0.4) is 0 Å². The lowest BCUT2D eigenvalue weighted by molar-refractivity contribution is 0.0951. The van der Waals surface area contributed by atoms with Gasteiger partial charge in [-0.15, -0.1) is 11.3 Å². The van der Waals surface area contributed by atoms with Crippen molar-refractivity contribution in [2.24, 2.45) is 0 Å². The van der Waals surface area contributed by atoms with Gasteiger partial charge in [-0.2, -0.15) is 0 Å². The highest BCUT2D eigenvalue weighted by atomic mass is 32.1. The maximum absolute atomic E-state index is 12.6. The Morgan fingerprint density at radius 2 is 2.18 bits per heavy atom. The Morgan fingerprint density at radius 1 is 1.36 bits per heavy atom. The highest BCUT2D eigenvalue weighted by Crippen LogP contribution is 2.21. The normalized spacial score (nSPS) is 11.4. The topological polar surface area (TPSA) is 62.2 Å². The van der Waals surface area contributed by atoms with Crippen molar-refractivity contribution in [1.29, 1.82) is 0 Å². The monoisotopic (exact) mass is 410 g/mol. The van der Waals surface area contributed by atoms with Crippen LogP contribution in [0.1, 0.15) is 45.6 Å². The Bertz CT molecular complexity index is 1260. The zero-order chi connectivity index (χ0) is 19.8. The number of hydrogen-bond donors (Lipinski definition) is 2. The van der Waals surface area contributed by atoms with Crippen LogP contribution < -0.4 is 10.7 Å². The van der Waals surface area contributed by atoms with Crippen LogP contribution in [-0.4, -0.2) is 19.7 Å². The molecule has 0 atom stereocenters. The highest BCUT2D eigenvalue weighted by Gasteiger charge is 2.10. The van der Waals surface area contributed by atoms with E-state index in [9.17, 15) is 4.79 Å². The molecule has 1 amide bonds. The average Bonchev–Trinajstić information content (AvgIpc) is 3.25. The molecule has 0 bridgehead atoms. The minimum Gasteiger partial charge on any atom is -0.353 e. The zero-order valence-corrected chi connectivity index (χ0v) is 17.7. The molecule has 0 radical (unpaired) electrons. The Morgan fingerprint density at radius 3 is 2.93 bits per heavy atom. The Labute approximate surface area is 171 Å². The maximum atomic E-state index is 12.6. The van der Waals surface area contributed by atoms with Crippen LogP contribution in [0.25, 0.3) is 22.3 Å². The number of nitrogens with one attached hydrogen (secondary N) is 2. The number of carbonyl (C=O) groups excluding carboxylic acids is 1. The summed E-state index contributed by atoms with van der Waals surface area (Å²) in [5.74, 6) is 0.305. The summed E-state index contributed by atoms with van der Waals surface area (Å²) in [6, 6.07) is 7.82. The number of carbonyl (C=O) groups is 1. The third-order valence-corrected chi connectivity index (χ3v) is 6.79. The Kier molecular flexibility index (Phi) is 4.95. The van der Waals surface area contributed by atoms with Crippen LogP contribution in [0.4, 0.5) is 0 Å². The van der Waals surface area contributed by atoms with Gasteiger partial charge in [0, 0.05) is 28.8 Å². The first-order chi connectivity index (χ1) is 13.4. The molecule has 144 valence electrons. The Hall–Kier alpha value is -2.64. The van der Waals surface area contributed by atoms with Gasteiger partial charge >= 0.3 is 0 Å². The summed E-state index contributed by atoms with van der Waals surface area (Å²) < 4.78 is 3.16. The number of fused-ring (bicyclic) bond motifs is 2. The van der Waals surface area contributed by atoms with E-state index in [1.807, 2.05) is 24.4 Å². The van der Waals surface area contributed by atoms with E-state index >= 15 is 0 Å². The number of hydrogen-bond acceptors (Lipinski definition) is 4. The fraction of sp³-hybridized carbons (Fsp3) is 0.238. The molecule has 0 spiro atoms. The second-order valence-electron chi connectivity index (χ2n) is 7.14. The number of rotatable bonds is 4. The summed E-state index contributed by atoms with van der Waals surface area (Å²) in [6.07, 6.45) is 3.93. The van der Waals surface area contributed by atoms with E-state index in [2.05, 4.69) is 58.7 Å². The summed E-state index contributed by atoms with van der Waals surface area (Å²) >= 11 is 3.26. The summed E-state index contributed by atoms with van der Waals surface area (Å²) in [4.78, 5) is 21.5. The van der Waals surface area contributed by atoms with E-state index in [0.29, 0.717) is 18.0 Å². The third kappa shape index (κ3) is 3.68. The summed E-state index contributed by atoms with van der Waals surface area (Å²) in [7, 11) is 0. The first kappa shape index (κ1) is 18.7. The van der Waals surface area contributed by atoms with Crippen molar-refractivity contribution in [1.82, 2.24) is 19.1 Å². The van der Waals surface area contributed by atoms with E-state index in [0.717, 1.165) is 31.0 Å². The van der Waals surface area contributed by atoms with Gasteiger partial charge in [0.15, 0.2) is 0 Å². The van der Waals surface area contributed by atoms with Crippen molar-refractivity contribution in [2.75, 3.05) is 0 Å². The molecule has 0 aliphatic carbocycles. The number of H-pyrrole nitrogens is 1. The van der Waals surface area contributed by atoms with Crippen LogP contribution in [0.2, 0.25) is 0 Å². The zero-order valence-electron chi connectivity index (χ0n) is 16.1. The number of thiazole rings is 1. The molecule has 7 heteroatoms. The molecule has 3 aromatic heterocycles. The number of nitrogens with zero attached hydrogens (tertiary/aromatic N) is 2. The highest BCUT2D eigenvalue weighted by molar-refractivity contribution is 7.13. The second kappa shape index (κ2) is 7.41. The molecular weight excluding hydrogens is 388 g/mol. The average molecular weight is 411 g/mol. The molecule has 4 aromatic rings. The number of amides is 1. The quantitative estimate of drug-likeness (QED) is 0.518. The fourth-order valence-electron chi connectivity index (χ4n) is 2.99. The van der Waals surface area contributed by atoms with Crippen molar-refractivity contribution in [2.45, 2.75) is 33.2 Å². The van der Waals surface area contributed by atoms with Gasteiger partial charge in [-0.3, -0.25) is 8.58 Å². The van der Waals surface area contributed by atoms with Crippen molar-refractivity contribution >= 4 is 51.1 Å². The van der Waals surface area contributed by atoms with Gasteiger partial charge in [-0.1, -0.05) is 32.0 Å². The molecule has 0 fully saturated rings. The molecule has 2 N–H and O–H groups in total. The minimum absolute atomic E-state index is 0.0978. The van der Waals surface area contributed by atoms with E-state index < -0.39 is 0 Å². The third-order valence-electron chi connectivity index (χ3n) is 4.44. The van der Waals surface area contributed by atoms with E-state index in [1.54, 1.807) is 22.9 Å². The molecule has 0 unspecified atom stereocenters. The minimum atomic E-state index is -0.0978. The summed E-state index contributed by atoms with van der Waals surface area (Å²) in [5.41, 5.74) is 3.74. The summed E-state index contributed by atoms with van der Waals surface area (Å²) in [6.45, 7) is 10.9. The lowest BCUT2D eigenvalue weighted by atomic mass is 10.2. The van der Waals surface area contributed by atoms with Crippen LogP contribution in [0.15, 0.2) is 36.7 Å². The molecule has 4 rings (SSSR count). The molecule has 0 saturated heterocycles. The first-order valence-corrected chi connectivity index (χ1v) is 10.7. The predicted octanol–water partition coefficient (Wildman–Crippen LogP) is 4.55. The smallest absolute Gasteiger partial charge is 0.251 e. The van der Waals surface area contributed by atoms with Gasteiger partial charge in [0.05, 0.1) is 32.6 Å². The number of aromatic nitrogens is 3. The molecule has 0 saturated carbocycles. The Balaban J connectivity index is 1.61. The maximum Gasteiger partial charge on any atom is 0.251 e. The van der Waals surface area contributed by atoms with Crippen LogP contribution >= 0.6 is 22.9 Å². The molecule has 3 heterocycles. The van der Waals surface area contributed by atoms with E-state index in [-0.39, 0.29) is 5.91 Å². The van der Waals surface area contributed by atoms with E-state index in [4.69, 9.17) is 0 Å². The van der Waals surface area contributed by atoms with Crippen LogP contribution in [-0.2, 0) is 6.54 Å². The number of benzene rings is 1. The standard InChI is InChI=1S/C21H22N4OS2/c1-12(2)21-23-10-16(27-21)9-22-20(26)15-5-6-19-17(8-15)24-14(4)18-7-13(3)11-25(18)28-19/h5-8,10-12,24H,4,9H2,1-3H3,(H,22,26). The van der Waals surface area contributed by atoms with Crippen LogP contribution in [0.5, 0.6) is 0 Å². The molecule has 5 nitrogen and oxygen atoms in total. The largest absolute Gasteiger partial charge is 0.353 e. The van der Waals surface area contributed by atoms with Crippen molar-refractivity contribution < 1.29 is 4.79 Å². The first-order valence-electron chi connectivity index (χ1n) is 9.11. The van der Waals surface area contributed by atoms with Crippen LogP contribution in [0, 0.1) is 6.92 Å². The van der Waals surface area contributed by atoms with E-state index in [1.165, 1.54) is 5.56 Å². The van der Waals surface area contributed by atoms with Gasteiger partial charge < -0.3 is 10.3 Å². The lowest BCUT2D eigenvalue weighted by Crippen LogP contribution is -2.22. The molecular formula is C21H22N4OS2. The molecule has 28 heavy (non-hydrogen) atoms. The SMILES string of the molecule is C=c1[nH]c2cc(C(=O)NCc3cnc(C(C)C)s3)ccc2sn2cc(C)cc12. The van der Waals surface area contributed by atoms with Gasteiger partial charge in [0.25, 0.3) is 5.91 Å². The van der Waals surface area contributed by atoms with Crippen molar-refractivity contribution in [3.8, 4) is 0 Å². The molecule has 1 aromatic carbocycles. The second-order valence-corrected chi connectivity index (χ2v) is 9.30. The van der Waals surface area contributed by atoms with Gasteiger partial charge in [0.1, 0.15) is 0 Å².